The highest BCUT2D eigenvalue weighted by molar-refractivity contribution is 6.70. The maximum absolute atomic E-state index is 13.6. The molecule has 4 nitrogen and oxygen atoms in total. The van der Waals surface area contributed by atoms with E-state index in [9.17, 15) is 4.79 Å². The van der Waals surface area contributed by atoms with Gasteiger partial charge >= 0.3 is 0 Å². The fourth-order valence-electron chi connectivity index (χ4n) is 6.84. The Morgan fingerprint density at radius 3 is 2.53 bits per heavy atom. The van der Waals surface area contributed by atoms with Gasteiger partial charge < -0.3 is 9.33 Å². The van der Waals surface area contributed by atoms with Gasteiger partial charge in [-0.25, -0.2) is 0 Å². The highest BCUT2D eigenvalue weighted by atomic mass is 28.4. The van der Waals surface area contributed by atoms with Gasteiger partial charge in [0.25, 0.3) is 0 Å². The Kier molecular flexibility index (Phi) is 5.24. The van der Waals surface area contributed by atoms with E-state index >= 15 is 0 Å². The summed E-state index contributed by atoms with van der Waals surface area (Å²) in [5.41, 5.74) is 10.7. The van der Waals surface area contributed by atoms with Crippen LogP contribution in [-0.2, 0) is 23.7 Å². The summed E-state index contributed by atoms with van der Waals surface area (Å²) < 4.78 is 8.45. The standard InChI is InChI=1S/C33H34N2O2Si/c1-21(37-38(2,3)4)35-30-12-6-5-10-25(30)28-18-22(13-14-31(28)35)17-24-20-27-26-11-8-16-34-15-7-9-23(32(26)34)19-29(27)33(24)36/h5-6,10,12-14,17-19H,1,7-9,11,15-16,20H2,2-4H3/b24-17-. The molecule has 0 saturated heterocycles. The number of hydrogen-bond acceptors (Lipinski definition) is 3. The summed E-state index contributed by atoms with van der Waals surface area (Å²) in [4.78, 5) is 16.2. The van der Waals surface area contributed by atoms with Crippen LogP contribution in [0.5, 0.6) is 0 Å². The number of nitrogens with zero attached hydrogens (tertiary/aromatic N) is 2. The lowest BCUT2D eigenvalue weighted by atomic mass is 9.87. The van der Waals surface area contributed by atoms with Crippen molar-refractivity contribution in [2.24, 2.45) is 0 Å². The number of ketones is 1. The third kappa shape index (κ3) is 3.67. The minimum absolute atomic E-state index is 0.209. The van der Waals surface area contributed by atoms with Gasteiger partial charge in [0.15, 0.2) is 11.7 Å². The molecule has 7 rings (SSSR count). The first kappa shape index (κ1) is 23.5. The molecule has 0 N–H and O–H groups in total. The zero-order valence-electron chi connectivity index (χ0n) is 22.6. The summed E-state index contributed by atoms with van der Waals surface area (Å²) in [6, 6.07) is 17.1. The van der Waals surface area contributed by atoms with Crippen LogP contribution in [0, 0.1) is 0 Å². The Balaban J connectivity index is 1.31. The highest BCUT2D eigenvalue weighted by Crippen LogP contribution is 2.43. The summed E-state index contributed by atoms with van der Waals surface area (Å²) in [6.45, 7) is 13.1. The smallest absolute Gasteiger partial charge is 0.244 e. The van der Waals surface area contributed by atoms with Crippen molar-refractivity contribution in [1.82, 2.24) is 4.57 Å². The number of carbonyl (C=O) groups is 1. The summed E-state index contributed by atoms with van der Waals surface area (Å²) in [7, 11) is -1.81. The molecule has 2 aliphatic heterocycles. The molecule has 38 heavy (non-hydrogen) atoms. The van der Waals surface area contributed by atoms with Crippen molar-refractivity contribution < 1.29 is 9.22 Å². The van der Waals surface area contributed by atoms with E-state index in [1.54, 1.807) is 0 Å². The largest absolute Gasteiger partial charge is 0.533 e. The van der Waals surface area contributed by atoms with Crippen molar-refractivity contribution in [2.45, 2.75) is 51.7 Å². The zero-order chi connectivity index (χ0) is 26.2. The monoisotopic (exact) mass is 518 g/mol. The van der Waals surface area contributed by atoms with Crippen LogP contribution in [0.3, 0.4) is 0 Å². The normalized spacial score (nSPS) is 17.8. The number of aromatic nitrogens is 1. The maximum Gasteiger partial charge on any atom is 0.244 e. The van der Waals surface area contributed by atoms with Crippen molar-refractivity contribution in [2.75, 3.05) is 18.0 Å². The predicted octanol–water partition coefficient (Wildman–Crippen LogP) is 7.60. The molecule has 0 spiro atoms. The number of allylic oxidation sites excluding steroid dienone is 1. The molecule has 3 aliphatic rings. The van der Waals surface area contributed by atoms with Gasteiger partial charge in [0, 0.05) is 47.1 Å². The van der Waals surface area contributed by atoms with Gasteiger partial charge in [0.1, 0.15) is 0 Å². The molecule has 3 heterocycles. The second-order valence-electron chi connectivity index (χ2n) is 12.0. The Morgan fingerprint density at radius 2 is 1.71 bits per heavy atom. The summed E-state index contributed by atoms with van der Waals surface area (Å²) >= 11 is 0. The van der Waals surface area contributed by atoms with Gasteiger partial charge in [-0.15, -0.1) is 0 Å². The number of benzene rings is 3. The topological polar surface area (TPSA) is 34.5 Å². The lowest BCUT2D eigenvalue weighted by molar-refractivity contribution is 0.104. The molecule has 5 heteroatoms. The van der Waals surface area contributed by atoms with Crippen LogP contribution in [0.25, 0.3) is 33.8 Å². The van der Waals surface area contributed by atoms with E-state index in [1.165, 1.54) is 40.6 Å². The zero-order valence-corrected chi connectivity index (χ0v) is 23.6. The maximum atomic E-state index is 13.6. The Hall–Kier alpha value is -3.57. The Morgan fingerprint density at radius 1 is 0.947 bits per heavy atom. The van der Waals surface area contributed by atoms with E-state index in [1.807, 2.05) is 0 Å². The number of fused-ring (bicyclic) bond motifs is 5. The number of carbonyl (C=O) groups excluding carboxylic acids is 1. The molecule has 4 aromatic rings. The second-order valence-corrected chi connectivity index (χ2v) is 16.4. The van der Waals surface area contributed by atoms with Crippen LogP contribution in [0.2, 0.25) is 19.6 Å². The molecule has 0 radical (unpaired) electrons. The molecule has 0 amide bonds. The van der Waals surface area contributed by atoms with Crippen LogP contribution >= 0.6 is 0 Å². The average molecular weight is 519 g/mol. The number of aryl methyl sites for hydroxylation is 1. The van der Waals surface area contributed by atoms with Gasteiger partial charge in [0.05, 0.1) is 11.0 Å². The summed E-state index contributed by atoms with van der Waals surface area (Å²) in [5.74, 6) is 0.885. The highest BCUT2D eigenvalue weighted by Gasteiger charge is 2.34. The van der Waals surface area contributed by atoms with E-state index in [2.05, 4.69) is 90.3 Å². The van der Waals surface area contributed by atoms with E-state index in [4.69, 9.17) is 4.43 Å². The quantitative estimate of drug-likeness (QED) is 0.159. The summed E-state index contributed by atoms with van der Waals surface area (Å²) in [5, 5.41) is 2.32. The molecule has 1 aliphatic carbocycles. The summed E-state index contributed by atoms with van der Waals surface area (Å²) in [6.07, 6.45) is 7.41. The van der Waals surface area contributed by atoms with Crippen molar-refractivity contribution >= 4 is 53.6 Å². The van der Waals surface area contributed by atoms with Crippen LogP contribution in [0.1, 0.15) is 45.5 Å². The van der Waals surface area contributed by atoms with E-state index in [0.29, 0.717) is 5.88 Å². The number of para-hydroxylation sites is 1. The molecule has 1 aromatic heterocycles. The van der Waals surface area contributed by atoms with Crippen molar-refractivity contribution in [3.63, 3.8) is 0 Å². The third-order valence-electron chi connectivity index (χ3n) is 8.26. The molecular weight excluding hydrogens is 484 g/mol. The second kappa shape index (κ2) is 8.47. The fraction of sp³-hybridized carbons (Fsp3) is 0.303. The molecule has 0 unspecified atom stereocenters. The first-order valence-electron chi connectivity index (χ1n) is 13.9. The molecule has 0 fully saturated rings. The van der Waals surface area contributed by atoms with E-state index in [0.717, 1.165) is 65.5 Å². The third-order valence-corrected chi connectivity index (χ3v) is 9.11. The lowest BCUT2D eigenvalue weighted by Crippen LogP contribution is -2.35. The van der Waals surface area contributed by atoms with Crippen LogP contribution in [0.4, 0.5) is 5.69 Å². The van der Waals surface area contributed by atoms with Crippen molar-refractivity contribution in [3.8, 4) is 0 Å². The van der Waals surface area contributed by atoms with E-state index < -0.39 is 8.32 Å². The van der Waals surface area contributed by atoms with Crippen LogP contribution < -0.4 is 4.90 Å². The molecular formula is C33H34N2O2Si. The molecule has 0 bridgehead atoms. The predicted molar refractivity (Wildman–Crippen MR) is 161 cm³/mol. The lowest BCUT2D eigenvalue weighted by Gasteiger charge is -2.38. The van der Waals surface area contributed by atoms with E-state index in [-0.39, 0.29) is 5.78 Å². The molecule has 3 aromatic carbocycles. The Bertz CT molecular complexity index is 1700. The van der Waals surface area contributed by atoms with Crippen LogP contribution in [0.15, 0.2) is 60.7 Å². The SMILES string of the molecule is C=C(O[Si](C)(C)C)n1c2ccccc2c2cc(/C=C3/Cc4c(cc5c6c4CCCN6CCC5)C3=O)ccc21. The van der Waals surface area contributed by atoms with Crippen LogP contribution in [-0.4, -0.2) is 31.8 Å². The van der Waals surface area contributed by atoms with Gasteiger partial charge in [0.2, 0.25) is 8.32 Å². The Labute approximate surface area is 225 Å². The fourth-order valence-corrected chi connectivity index (χ4v) is 7.64. The first-order chi connectivity index (χ1) is 18.3. The van der Waals surface area contributed by atoms with Crippen molar-refractivity contribution in [3.05, 3.63) is 88.5 Å². The molecule has 0 saturated carbocycles. The molecule has 192 valence electrons. The number of rotatable bonds is 4. The van der Waals surface area contributed by atoms with Gasteiger partial charge in [-0.2, -0.15) is 0 Å². The number of Topliss-reactive ketones (excluding diaryl/α,β-unsaturated/α-hetero) is 1. The van der Waals surface area contributed by atoms with Gasteiger partial charge in [-0.1, -0.05) is 24.3 Å². The number of anilines is 1. The van der Waals surface area contributed by atoms with Crippen molar-refractivity contribution in [1.29, 1.82) is 0 Å². The first-order valence-corrected chi connectivity index (χ1v) is 17.3. The van der Waals surface area contributed by atoms with Gasteiger partial charge in [-0.3, -0.25) is 9.36 Å². The minimum Gasteiger partial charge on any atom is -0.533 e. The number of hydrogen-bond donors (Lipinski definition) is 0. The van der Waals surface area contributed by atoms with Gasteiger partial charge in [-0.05, 0) is 104 Å². The molecule has 0 atom stereocenters. The average Bonchev–Trinajstić information content (AvgIpc) is 3.38. The minimum atomic E-state index is -1.81.